The number of likely N-dealkylation sites (tertiary alicyclic amines) is 1. The largest absolute Gasteiger partial charge is 0.328 e. The molecule has 4 heteroatoms. The van der Waals surface area contributed by atoms with Crippen LogP contribution in [0.1, 0.15) is 31.2 Å². The SMILES string of the molecule is CSC[C@@H]1CCCN(C(=O)NC2(c3ccccc3)CC2)C1. The Balaban J connectivity index is 1.61. The summed E-state index contributed by atoms with van der Waals surface area (Å²) in [6.45, 7) is 1.82. The van der Waals surface area contributed by atoms with E-state index in [9.17, 15) is 4.79 Å². The molecule has 0 aromatic heterocycles. The number of carbonyl (C=O) groups excluding carboxylic acids is 1. The molecule has 0 spiro atoms. The molecule has 0 bridgehead atoms. The lowest BCUT2D eigenvalue weighted by Gasteiger charge is -2.34. The number of amides is 2. The van der Waals surface area contributed by atoms with Gasteiger partial charge in [-0.2, -0.15) is 11.8 Å². The number of nitrogens with zero attached hydrogens (tertiary/aromatic N) is 1. The van der Waals surface area contributed by atoms with E-state index in [-0.39, 0.29) is 11.6 Å². The van der Waals surface area contributed by atoms with E-state index in [1.165, 1.54) is 12.0 Å². The van der Waals surface area contributed by atoms with E-state index in [2.05, 4.69) is 35.8 Å². The van der Waals surface area contributed by atoms with Crippen molar-refractivity contribution >= 4 is 17.8 Å². The molecule has 114 valence electrons. The van der Waals surface area contributed by atoms with Crippen LogP contribution in [-0.2, 0) is 5.54 Å². The summed E-state index contributed by atoms with van der Waals surface area (Å²) >= 11 is 1.89. The van der Waals surface area contributed by atoms with Gasteiger partial charge in [-0.25, -0.2) is 4.79 Å². The maximum Gasteiger partial charge on any atom is 0.318 e. The van der Waals surface area contributed by atoms with Gasteiger partial charge in [0.1, 0.15) is 0 Å². The van der Waals surface area contributed by atoms with Gasteiger partial charge in [0.05, 0.1) is 5.54 Å². The molecule has 1 aromatic carbocycles. The van der Waals surface area contributed by atoms with Crippen molar-refractivity contribution in [1.29, 1.82) is 0 Å². The quantitative estimate of drug-likeness (QED) is 0.924. The summed E-state index contributed by atoms with van der Waals surface area (Å²) in [5.74, 6) is 1.82. The minimum Gasteiger partial charge on any atom is -0.328 e. The lowest BCUT2D eigenvalue weighted by atomic mass is 10.0. The molecule has 1 aliphatic carbocycles. The predicted molar refractivity (Wildman–Crippen MR) is 88.6 cm³/mol. The first-order chi connectivity index (χ1) is 10.2. The third-order valence-corrected chi connectivity index (χ3v) is 5.44. The maximum absolute atomic E-state index is 12.6. The van der Waals surface area contributed by atoms with Crippen LogP contribution in [0.15, 0.2) is 30.3 Å². The first-order valence-electron chi connectivity index (χ1n) is 7.85. The van der Waals surface area contributed by atoms with Gasteiger partial charge in [0, 0.05) is 13.1 Å². The van der Waals surface area contributed by atoms with Crippen molar-refractivity contribution in [3.63, 3.8) is 0 Å². The van der Waals surface area contributed by atoms with Crippen molar-refractivity contribution in [2.75, 3.05) is 25.1 Å². The molecule has 1 aromatic rings. The molecular formula is C17H24N2OS. The Labute approximate surface area is 131 Å². The van der Waals surface area contributed by atoms with E-state index >= 15 is 0 Å². The number of benzene rings is 1. The van der Waals surface area contributed by atoms with Crippen LogP contribution in [0.3, 0.4) is 0 Å². The molecule has 1 atom stereocenters. The third kappa shape index (κ3) is 3.37. The average Bonchev–Trinajstić information content (AvgIpc) is 3.30. The Kier molecular flexibility index (Phi) is 4.43. The fraction of sp³-hybridized carbons (Fsp3) is 0.588. The van der Waals surface area contributed by atoms with Crippen LogP contribution >= 0.6 is 11.8 Å². The monoisotopic (exact) mass is 304 g/mol. The molecule has 1 saturated carbocycles. The maximum atomic E-state index is 12.6. The molecule has 0 radical (unpaired) electrons. The summed E-state index contributed by atoms with van der Waals surface area (Å²) in [5, 5.41) is 3.30. The van der Waals surface area contributed by atoms with Gasteiger partial charge in [0.15, 0.2) is 0 Å². The Morgan fingerprint density at radius 2 is 2.14 bits per heavy atom. The highest BCUT2D eigenvalue weighted by molar-refractivity contribution is 7.98. The smallest absolute Gasteiger partial charge is 0.318 e. The first kappa shape index (κ1) is 14.8. The number of rotatable bonds is 4. The van der Waals surface area contributed by atoms with Crippen molar-refractivity contribution in [2.24, 2.45) is 5.92 Å². The third-order valence-electron chi connectivity index (χ3n) is 4.63. The summed E-state index contributed by atoms with van der Waals surface area (Å²) < 4.78 is 0. The van der Waals surface area contributed by atoms with Gasteiger partial charge in [0.25, 0.3) is 0 Å². The normalized spacial score (nSPS) is 23.7. The van der Waals surface area contributed by atoms with E-state index in [4.69, 9.17) is 0 Å². The molecule has 1 N–H and O–H groups in total. The van der Waals surface area contributed by atoms with E-state index in [0.717, 1.165) is 38.1 Å². The second-order valence-corrected chi connectivity index (χ2v) is 7.20. The van der Waals surface area contributed by atoms with Crippen LogP contribution in [0.4, 0.5) is 4.79 Å². The zero-order valence-corrected chi connectivity index (χ0v) is 13.5. The van der Waals surface area contributed by atoms with Crippen molar-refractivity contribution in [2.45, 2.75) is 31.2 Å². The van der Waals surface area contributed by atoms with E-state index in [1.54, 1.807) is 0 Å². The summed E-state index contributed by atoms with van der Waals surface area (Å²) in [6.07, 6.45) is 6.66. The highest BCUT2D eigenvalue weighted by atomic mass is 32.2. The van der Waals surface area contributed by atoms with Crippen molar-refractivity contribution in [3.05, 3.63) is 35.9 Å². The Morgan fingerprint density at radius 3 is 2.81 bits per heavy atom. The number of carbonyl (C=O) groups is 1. The second-order valence-electron chi connectivity index (χ2n) is 6.29. The minimum absolute atomic E-state index is 0.0925. The van der Waals surface area contributed by atoms with Crippen LogP contribution in [0.2, 0.25) is 0 Å². The van der Waals surface area contributed by atoms with E-state index in [1.807, 2.05) is 22.7 Å². The predicted octanol–water partition coefficient (Wildman–Crippen LogP) is 3.46. The number of hydrogen-bond acceptors (Lipinski definition) is 2. The molecule has 2 aliphatic rings. The van der Waals surface area contributed by atoms with Gasteiger partial charge in [0.2, 0.25) is 0 Å². The standard InChI is InChI=1S/C17H24N2OS/c1-21-13-14-6-5-11-19(12-14)16(20)18-17(9-10-17)15-7-3-2-4-8-15/h2-4,7-8,14H,5-6,9-13H2,1H3,(H,18,20)/t14-/m1/s1. The van der Waals surface area contributed by atoms with Gasteiger partial charge >= 0.3 is 6.03 Å². The van der Waals surface area contributed by atoms with Crippen LogP contribution in [0.25, 0.3) is 0 Å². The zero-order valence-electron chi connectivity index (χ0n) is 12.7. The van der Waals surface area contributed by atoms with Crippen LogP contribution in [0.5, 0.6) is 0 Å². The number of urea groups is 1. The number of piperidine rings is 1. The van der Waals surface area contributed by atoms with Crippen LogP contribution < -0.4 is 5.32 Å². The number of nitrogens with one attached hydrogen (secondary N) is 1. The van der Waals surface area contributed by atoms with Gasteiger partial charge in [-0.05, 0) is 49.2 Å². The molecular weight excluding hydrogens is 280 g/mol. The fourth-order valence-electron chi connectivity index (χ4n) is 3.27. The molecule has 21 heavy (non-hydrogen) atoms. The molecule has 1 heterocycles. The Morgan fingerprint density at radius 1 is 1.38 bits per heavy atom. The second kappa shape index (κ2) is 6.30. The summed E-state index contributed by atoms with van der Waals surface area (Å²) in [5.41, 5.74) is 1.15. The van der Waals surface area contributed by atoms with Crippen molar-refractivity contribution in [1.82, 2.24) is 10.2 Å². The van der Waals surface area contributed by atoms with Crippen LogP contribution in [-0.4, -0.2) is 36.0 Å². The van der Waals surface area contributed by atoms with Crippen molar-refractivity contribution < 1.29 is 4.79 Å². The molecule has 3 rings (SSSR count). The Bertz CT molecular complexity index is 485. The highest BCUT2D eigenvalue weighted by Gasteiger charge is 2.46. The van der Waals surface area contributed by atoms with Gasteiger partial charge in [-0.15, -0.1) is 0 Å². The Hall–Kier alpha value is -1.16. The summed E-state index contributed by atoms with van der Waals surface area (Å²) in [7, 11) is 0. The zero-order chi connectivity index (χ0) is 14.7. The molecule has 1 saturated heterocycles. The fourth-order valence-corrected chi connectivity index (χ4v) is 4.02. The first-order valence-corrected chi connectivity index (χ1v) is 9.24. The van der Waals surface area contributed by atoms with Gasteiger partial charge < -0.3 is 10.2 Å². The van der Waals surface area contributed by atoms with Crippen molar-refractivity contribution in [3.8, 4) is 0 Å². The lowest BCUT2D eigenvalue weighted by molar-refractivity contribution is 0.166. The van der Waals surface area contributed by atoms with Gasteiger partial charge in [-0.1, -0.05) is 30.3 Å². The highest BCUT2D eigenvalue weighted by Crippen LogP contribution is 2.45. The minimum atomic E-state index is -0.0925. The summed E-state index contributed by atoms with van der Waals surface area (Å²) in [4.78, 5) is 14.6. The number of hydrogen-bond donors (Lipinski definition) is 1. The molecule has 1 aliphatic heterocycles. The van der Waals surface area contributed by atoms with E-state index < -0.39 is 0 Å². The average molecular weight is 304 g/mol. The topological polar surface area (TPSA) is 32.3 Å². The molecule has 2 fully saturated rings. The molecule has 3 nitrogen and oxygen atoms in total. The van der Waals surface area contributed by atoms with Gasteiger partial charge in [-0.3, -0.25) is 0 Å². The van der Waals surface area contributed by atoms with E-state index in [0.29, 0.717) is 5.92 Å². The van der Waals surface area contributed by atoms with Crippen LogP contribution in [0, 0.1) is 5.92 Å². The number of thioether (sulfide) groups is 1. The lowest BCUT2D eigenvalue weighted by Crippen LogP contribution is -2.49. The molecule has 2 amide bonds. The summed E-state index contributed by atoms with van der Waals surface area (Å²) in [6, 6.07) is 10.5. The molecule has 0 unspecified atom stereocenters.